The van der Waals surface area contributed by atoms with Crippen LogP contribution in [0.2, 0.25) is 0 Å². The average Bonchev–Trinajstić information content (AvgIpc) is 3.28. The summed E-state index contributed by atoms with van der Waals surface area (Å²) in [5, 5.41) is 0.702. The molecule has 1 aromatic heterocycles. The van der Waals surface area contributed by atoms with Gasteiger partial charge in [-0.2, -0.15) is 4.31 Å². The molecule has 33 heavy (non-hydrogen) atoms. The number of hydrogen-bond donors (Lipinski definition) is 0. The highest BCUT2D eigenvalue weighted by Crippen LogP contribution is 2.53. The maximum atomic E-state index is 13.5. The van der Waals surface area contributed by atoms with Gasteiger partial charge in [0.25, 0.3) is 0 Å². The normalized spacial score (nSPS) is 24.8. The van der Waals surface area contributed by atoms with Crippen LogP contribution in [0.25, 0.3) is 10.2 Å². The van der Waals surface area contributed by atoms with Gasteiger partial charge in [-0.1, -0.05) is 39.0 Å². The monoisotopic (exact) mass is 484 g/mol. The third-order valence-corrected chi connectivity index (χ3v) is 9.61. The number of sulfonamides is 1. The smallest absolute Gasteiger partial charge is 0.338 e. The maximum absolute atomic E-state index is 13.5. The fraction of sp³-hybridized carbons (Fsp3) is 0.440. The predicted octanol–water partition coefficient (Wildman–Crippen LogP) is 5.24. The van der Waals surface area contributed by atoms with Crippen molar-refractivity contribution in [2.24, 2.45) is 10.8 Å². The number of benzene rings is 2. The molecule has 6 nitrogen and oxygen atoms in total. The minimum Gasteiger partial charge on any atom is -0.455 e. The van der Waals surface area contributed by atoms with Crippen LogP contribution in [0.3, 0.4) is 0 Å². The number of thiazole rings is 1. The van der Waals surface area contributed by atoms with Crippen molar-refractivity contribution in [3.8, 4) is 0 Å². The Morgan fingerprint density at radius 2 is 1.94 bits per heavy atom. The lowest BCUT2D eigenvalue weighted by atomic mass is 9.65. The number of esters is 1. The predicted molar refractivity (Wildman–Crippen MR) is 129 cm³/mol. The van der Waals surface area contributed by atoms with Crippen LogP contribution in [-0.2, 0) is 21.4 Å². The molecule has 5 rings (SSSR count). The lowest BCUT2D eigenvalue weighted by Crippen LogP contribution is -2.37. The molecule has 2 atom stereocenters. The first-order valence-corrected chi connectivity index (χ1v) is 13.4. The van der Waals surface area contributed by atoms with Crippen molar-refractivity contribution in [1.82, 2.24) is 9.29 Å². The number of nitrogens with zero attached hydrogens (tertiary/aromatic N) is 2. The van der Waals surface area contributed by atoms with Crippen molar-refractivity contribution in [3.05, 3.63) is 59.1 Å². The molecule has 1 aliphatic heterocycles. The highest BCUT2D eigenvalue weighted by Gasteiger charge is 2.53. The molecule has 8 heteroatoms. The Labute approximate surface area is 198 Å². The Balaban J connectivity index is 1.33. The van der Waals surface area contributed by atoms with Crippen molar-refractivity contribution < 1.29 is 17.9 Å². The molecule has 2 heterocycles. The summed E-state index contributed by atoms with van der Waals surface area (Å²) in [4.78, 5) is 17.3. The van der Waals surface area contributed by atoms with E-state index < -0.39 is 16.0 Å². The maximum Gasteiger partial charge on any atom is 0.338 e. The Hall–Kier alpha value is -2.29. The summed E-state index contributed by atoms with van der Waals surface area (Å²) in [6.45, 7) is 7.20. The molecule has 2 aliphatic rings. The van der Waals surface area contributed by atoms with Crippen LogP contribution in [0, 0.1) is 10.8 Å². The molecule has 2 aromatic carbocycles. The zero-order valence-corrected chi connectivity index (χ0v) is 20.7. The molecule has 0 amide bonds. The summed E-state index contributed by atoms with van der Waals surface area (Å²) in [5.74, 6) is -0.556. The number of carbonyl (C=O) groups excluding carboxylic acids is 1. The molecule has 1 saturated carbocycles. The van der Waals surface area contributed by atoms with Gasteiger partial charge in [0.2, 0.25) is 10.0 Å². The quantitative estimate of drug-likeness (QED) is 0.463. The van der Waals surface area contributed by atoms with E-state index in [0.717, 1.165) is 29.5 Å². The molecule has 174 valence electrons. The largest absolute Gasteiger partial charge is 0.455 e. The zero-order valence-electron chi connectivity index (χ0n) is 19.1. The molecular formula is C25H28N2O4S2. The molecule has 0 radical (unpaired) electrons. The Morgan fingerprint density at radius 1 is 1.15 bits per heavy atom. The topological polar surface area (TPSA) is 76.6 Å². The summed E-state index contributed by atoms with van der Waals surface area (Å²) < 4.78 is 35.2. The van der Waals surface area contributed by atoms with Gasteiger partial charge in [0.1, 0.15) is 11.6 Å². The minimum absolute atomic E-state index is 0.00149. The number of para-hydroxylation sites is 1. The number of rotatable bonds is 5. The number of aromatic nitrogens is 1. The molecule has 1 saturated heterocycles. The van der Waals surface area contributed by atoms with E-state index in [9.17, 15) is 13.2 Å². The molecule has 2 bridgehead atoms. The van der Waals surface area contributed by atoms with Crippen molar-refractivity contribution in [2.75, 3.05) is 6.54 Å². The Morgan fingerprint density at radius 3 is 2.73 bits per heavy atom. The van der Waals surface area contributed by atoms with Crippen LogP contribution in [0.4, 0.5) is 0 Å². The fourth-order valence-corrected chi connectivity index (χ4v) is 8.50. The van der Waals surface area contributed by atoms with Crippen LogP contribution in [-0.4, -0.2) is 36.3 Å². The summed E-state index contributed by atoms with van der Waals surface area (Å²) in [6, 6.07) is 13.9. The van der Waals surface area contributed by atoms with E-state index in [0.29, 0.717) is 11.6 Å². The summed E-state index contributed by atoms with van der Waals surface area (Å²) in [6.07, 6.45) is 2.76. The molecule has 3 aromatic rings. The average molecular weight is 485 g/mol. The minimum atomic E-state index is -3.71. The van der Waals surface area contributed by atoms with Crippen LogP contribution in [0.5, 0.6) is 0 Å². The van der Waals surface area contributed by atoms with Crippen molar-refractivity contribution in [3.63, 3.8) is 0 Å². The standard InChI is InChI=1S/C25H28N2O4S2/c1-24(2)12-18-13-25(3,15-24)16-27(18)33(29,30)19-8-6-7-17(11-19)23(28)31-14-22-26-20-9-4-5-10-21(20)32-22/h4-11,18H,12-16H2,1-3H3. The first-order chi connectivity index (χ1) is 15.5. The van der Waals surface area contributed by atoms with Gasteiger partial charge in [0.15, 0.2) is 0 Å². The fourth-order valence-electron chi connectivity index (χ4n) is 5.80. The van der Waals surface area contributed by atoms with E-state index in [1.54, 1.807) is 22.5 Å². The molecule has 2 unspecified atom stereocenters. The van der Waals surface area contributed by atoms with Crippen molar-refractivity contribution >= 4 is 37.5 Å². The number of ether oxygens (including phenoxy) is 1. The summed E-state index contributed by atoms with van der Waals surface area (Å²) in [5.41, 5.74) is 1.21. The molecule has 1 aliphatic carbocycles. The SMILES string of the molecule is CC1(C)CC2CC(C)(CN2S(=O)(=O)c2cccc(C(=O)OCc3nc4ccccc4s3)c2)C1. The highest BCUT2D eigenvalue weighted by molar-refractivity contribution is 7.89. The van der Waals surface area contributed by atoms with E-state index >= 15 is 0 Å². The van der Waals surface area contributed by atoms with Crippen molar-refractivity contribution in [2.45, 2.75) is 57.6 Å². The van der Waals surface area contributed by atoms with E-state index in [4.69, 9.17) is 4.74 Å². The van der Waals surface area contributed by atoms with E-state index in [1.807, 2.05) is 24.3 Å². The number of carbonyl (C=O) groups is 1. The molecular weight excluding hydrogens is 456 g/mol. The second-order valence-electron chi connectivity index (χ2n) is 10.4. The van der Waals surface area contributed by atoms with E-state index in [2.05, 4.69) is 25.8 Å². The van der Waals surface area contributed by atoms with Gasteiger partial charge in [0, 0.05) is 12.6 Å². The van der Waals surface area contributed by atoms with Crippen LogP contribution < -0.4 is 0 Å². The third-order valence-electron chi connectivity index (χ3n) is 6.71. The van der Waals surface area contributed by atoms with Gasteiger partial charge >= 0.3 is 5.97 Å². The van der Waals surface area contributed by atoms with Crippen LogP contribution in [0.15, 0.2) is 53.4 Å². The second kappa shape index (κ2) is 7.89. The molecule has 0 spiro atoms. The van der Waals surface area contributed by atoms with Gasteiger partial charge < -0.3 is 4.74 Å². The number of fused-ring (bicyclic) bond motifs is 3. The highest BCUT2D eigenvalue weighted by atomic mass is 32.2. The molecule has 2 fully saturated rings. The van der Waals surface area contributed by atoms with E-state index in [-0.39, 0.29) is 33.9 Å². The Kier molecular flexibility index (Phi) is 5.38. The van der Waals surface area contributed by atoms with Gasteiger partial charge in [-0.25, -0.2) is 18.2 Å². The molecule has 0 N–H and O–H groups in total. The van der Waals surface area contributed by atoms with Crippen LogP contribution >= 0.6 is 11.3 Å². The second-order valence-corrected chi connectivity index (χ2v) is 13.4. The third kappa shape index (κ3) is 4.32. The first kappa shape index (κ1) is 22.5. The summed E-state index contributed by atoms with van der Waals surface area (Å²) in [7, 11) is -3.71. The van der Waals surface area contributed by atoms with Crippen LogP contribution in [0.1, 0.15) is 55.4 Å². The Bertz CT molecular complexity index is 1300. The lowest BCUT2D eigenvalue weighted by Gasteiger charge is -2.39. The summed E-state index contributed by atoms with van der Waals surface area (Å²) >= 11 is 1.48. The first-order valence-electron chi connectivity index (χ1n) is 11.2. The zero-order chi connectivity index (χ0) is 23.4. The number of hydrogen-bond acceptors (Lipinski definition) is 6. The van der Waals surface area contributed by atoms with E-state index in [1.165, 1.54) is 17.4 Å². The van der Waals surface area contributed by atoms with Gasteiger partial charge in [-0.05, 0) is 60.4 Å². The van der Waals surface area contributed by atoms with Gasteiger partial charge in [-0.15, -0.1) is 11.3 Å². The van der Waals surface area contributed by atoms with Gasteiger partial charge in [0.05, 0.1) is 20.7 Å². The lowest BCUT2D eigenvalue weighted by molar-refractivity contribution is 0.0472. The van der Waals surface area contributed by atoms with Crippen molar-refractivity contribution in [1.29, 1.82) is 0 Å². The van der Waals surface area contributed by atoms with Gasteiger partial charge in [-0.3, -0.25) is 0 Å².